The topological polar surface area (TPSA) is 207 Å². The van der Waals surface area contributed by atoms with Gasteiger partial charge in [-0.2, -0.15) is 0 Å². The average molecular weight is 854 g/mol. The number of nitrogens with one attached hydrogen (secondary N) is 2. The third kappa shape index (κ3) is 14.2. The molecule has 2 fully saturated rings. The van der Waals surface area contributed by atoms with Gasteiger partial charge in [0.25, 0.3) is 0 Å². The Kier molecular flexibility index (Phi) is 14.9. The van der Waals surface area contributed by atoms with Crippen LogP contribution in [0.15, 0.2) is 43.0 Å². The largest absolute Gasteiger partial charge is 0.458 e. The maximum Gasteiger partial charge on any atom is 0.408 e. The number of carbonyl (C=O) groups is 3. The van der Waals surface area contributed by atoms with Crippen LogP contribution < -0.4 is 16.4 Å². The van der Waals surface area contributed by atoms with E-state index >= 15 is 0 Å². The number of fused-ring (bicyclic) bond motifs is 2. The van der Waals surface area contributed by atoms with Crippen LogP contribution in [-0.2, 0) is 39.8 Å². The molecule has 2 aromatic heterocycles. The molecule has 0 radical (unpaired) electrons. The molecule has 2 aliphatic rings. The number of anilines is 1. The Labute approximate surface area is 359 Å². The third-order valence-corrected chi connectivity index (χ3v) is 9.68. The van der Waals surface area contributed by atoms with Gasteiger partial charge >= 0.3 is 18.2 Å². The van der Waals surface area contributed by atoms with Crippen molar-refractivity contribution in [1.82, 2.24) is 40.0 Å². The zero-order valence-corrected chi connectivity index (χ0v) is 37.9. The zero-order chi connectivity index (χ0) is 44.9. The Morgan fingerprint density at radius 2 is 1.46 bits per heavy atom. The highest BCUT2D eigenvalue weighted by Gasteiger charge is 2.56. The molecule has 2 aliphatic heterocycles. The first-order valence-corrected chi connectivity index (χ1v) is 21.0. The molecule has 0 saturated carbocycles. The summed E-state index contributed by atoms with van der Waals surface area (Å²) in [5.41, 5.74) is 5.91. The maximum absolute atomic E-state index is 13.6. The van der Waals surface area contributed by atoms with Crippen molar-refractivity contribution in [3.63, 3.8) is 0 Å². The van der Waals surface area contributed by atoms with E-state index in [1.807, 2.05) is 59.9 Å². The molecule has 4 heterocycles. The molecule has 2 unspecified atom stereocenters. The number of amides is 2. The second-order valence-corrected chi connectivity index (χ2v) is 19.3. The number of benzene rings is 1. The van der Waals surface area contributed by atoms with Gasteiger partial charge < -0.3 is 54.6 Å². The summed E-state index contributed by atoms with van der Waals surface area (Å²) < 4.78 is 38.5. The lowest BCUT2D eigenvalue weighted by molar-refractivity contribution is -0.198. The van der Waals surface area contributed by atoms with Crippen molar-refractivity contribution in [3.05, 3.63) is 48.5 Å². The van der Waals surface area contributed by atoms with Gasteiger partial charge in [0, 0.05) is 38.8 Å². The molecule has 2 saturated heterocycles. The van der Waals surface area contributed by atoms with Gasteiger partial charge in [0.15, 0.2) is 23.5 Å². The van der Waals surface area contributed by atoms with Crippen molar-refractivity contribution in [2.75, 3.05) is 39.0 Å². The second-order valence-electron chi connectivity index (χ2n) is 19.3. The van der Waals surface area contributed by atoms with Gasteiger partial charge in [-0.3, -0.25) is 4.57 Å². The molecule has 0 bridgehead atoms. The van der Waals surface area contributed by atoms with Crippen molar-refractivity contribution in [1.29, 1.82) is 0 Å². The summed E-state index contributed by atoms with van der Waals surface area (Å²) in [5.74, 6) is -1.27. The Bertz CT molecular complexity index is 1940. The van der Waals surface area contributed by atoms with E-state index in [2.05, 4.69) is 47.5 Å². The molecule has 4 N–H and O–H groups in total. The predicted octanol–water partition coefficient (Wildman–Crippen LogP) is 5.17. The number of rotatable bonds is 16. The van der Waals surface area contributed by atoms with Gasteiger partial charge in [-0.25, -0.2) is 29.3 Å². The van der Waals surface area contributed by atoms with Gasteiger partial charge in [0.2, 0.25) is 0 Å². The Balaban J connectivity index is 1.43. The van der Waals surface area contributed by atoms with Gasteiger partial charge in [-0.05, 0) is 102 Å². The maximum atomic E-state index is 13.6. The van der Waals surface area contributed by atoms with Crippen LogP contribution in [0, 0.1) is 0 Å². The Morgan fingerprint density at radius 3 is 2.10 bits per heavy atom. The van der Waals surface area contributed by atoms with Gasteiger partial charge in [0.05, 0.1) is 6.33 Å². The zero-order valence-electron chi connectivity index (χ0n) is 37.9. The third-order valence-electron chi connectivity index (χ3n) is 9.68. The van der Waals surface area contributed by atoms with Gasteiger partial charge in [-0.1, -0.05) is 30.3 Å². The minimum absolute atomic E-state index is 0.168. The highest BCUT2D eigenvalue weighted by atomic mass is 16.8. The van der Waals surface area contributed by atoms with Crippen molar-refractivity contribution in [3.8, 4) is 0 Å². The SMILES string of the molecule is CN(Cc1ccccc1)CC(CCN(CCC(NC(=O)OC(C)(C)C)C(=O)OC(C)(C)C)C[C@H]1O[C@@H](n2cnc3c(N)ncnc32)[C@@H]2OC(C)(C)O[C@@H]21)NC(=O)OC(C)(C)C. The molecule has 6 atom stereocenters. The molecule has 2 amide bonds. The van der Waals surface area contributed by atoms with E-state index in [1.54, 1.807) is 52.4 Å². The van der Waals surface area contributed by atoms with Crippen molar-refractivity contribution < 1.29 is 42.8 Å². The molecule has 0 spiro atoms. The van der Waals surface area contributed by atoms with Crippen LogP contribution in [0.4, 0.5) is 15.4 Å². The molecule has 18 heteroatoms. The first kappa shape index (κ1) is 47.4. The van der Waals surface area contributed by atoms with Crippen molar-refractivity contribution >= 4 is 35.1 Å². The number of carbonyl (C=O) groups excluding carboxylic acids is 3. The number of nitrogen functional groups attached to an aromatic ring is 1. The fraction of sp³-hybridized carbons (Fsp3) is 0.674. The van der Waals surface area contributed by atoms with Crippen LogP contribution in [0.1, 0.15) is 101 Å². The summed E-state index contributed by atoms with van der Waals surface area (Å²) in [6, 6.07) is 8.72. The summed E-state index contributed by atoms with van der Waals surface area (Å²) in [7, 11) is 2.01. The summed E-state index contributed by atoms with van der Waals surface area (Å²) in [6.07, 6.45) is 0.135. The second kappa shape index (κ2) is 19.2. The number of hydrogen-bond acceptors (Lipinski definition) is 15. The quantitative estimate of drug-likeness (QED) is 0.126. The van der Waals surface area contributed by atoms with E-state index in [4.69, 9.17) is 34.2 Å². The molecule has 338 valence electrons. The number of alkyl carbamates (subject to hydrolysis) is 2. The Morgan fingerprint density at radius 1 is 0.852 bits per heavy atom. The lowest BCUT2D eigenvalue weighted by Crippen LogP contribution is -2.49. The van der Waals surface area contributed by atoms with Crippen LogP contribution in [0.25, 0.3) is 11.2 Å². The van der Waals surface area contributed by atoms with Crippen molar-refractivity contribution in [2.45, 2.75) is 155 Å². The molecule has 5 rings (SSSR count). The monoisotopic (exact) mass is 854 g/mol. The summed E-state index contributed by atoms with van der Waals surface area (Å²) in [4.78, 5) is 57.3. The Hall–Kier alpha value is -4.62. The van der Waals surface area contributed by atoms with Crippen molar-refractivity contribution in [2.24, 2.45) is 0 Å². The number of nitrogens with two attached hydrogens (primary N) is 1. The summed E-state index contributed by atoms with van der Waals surface area (Å²) in [5, 5.41) is 5.86. The van der Waals surface area contributed by atoms with E-state index < -0.39 is 71.3 Å². The smallest absolute Gasteiger partial charge is 0.408 e. The molecule has 61 heavy (non-hydrogen) atoms. The predicted molar refractivity (Wildman–Crippen MR) is 228 cm³/mol. The number of aromatic nitrogens is 4. The first-order chi connectivity index (χ1) is 28.3. The van der Waals surface area contributed by atoms with E-state index in [9.17, 15) is 14.4 Å². The summed E-state index contributed by atoms with van der Waals surface area (Å²) in [6.45, 7) is 22.0. The van der Waals surface area contributed by atoms with E-state index in [-0.39, 0.29) is 18.3 Å². The number of hydrogen-bond donors (Lipinski definition) is 3. The minimum Gasteiger partial charge on any atom is -0.458 e. The molecule has 18 nitrogen and oxygen atoms in total. The molecular formula is C43H67N9O9. The number of ether oxygens (including phenoxy) is 6. The first-order valence-electron chi connectivity index (χ1n) is 21.0. The van der Waals surface area contributed by atoms with Gasteiger partial charge in [0.1, 0.15) is 53.0 Å². The van der Waals surface area contributed by atoms with Crippen LogP contribution in [0.2, 0.25) is 0 Å². The fourth-order valence-corrected chi connectivity index (χ4v) is 7.38. The van der Waals surface area contributed by atoms with Gasteiger partial charge in [-0.15, -0.1) is 0 Å². The summed E-state index contributed by atoms with van der Waals surface area (Å²) >= 11 is 0. The molecule has 0 aliphatic carbocycles. The minimum atomic E-state index is -1.04. The van der Waals surface area contributed by atoms with E-state index in [1.165, 1.54) is 6.33 Å². The van der Waals surface area contributed by atoms with E-state index in [0.29, 0.717) is 50.3 Å². The van der Waals surface area contributed by atoms with E-state index in [0.717, 1.165) is 5.56 Å². The molecule has 1 aromatic carbocycles. The molecule has 3 aromatic rings. The number of likely N-dealkylation sites (N-methyl/N-ethyl adjacent to an activating group) is 1. The fourth-order valence-electron chi connectivity index (χ4n) is 7.38. The van der Waals surface area contributed by atoms with Crippen LogP contribution in [0.3, 0.4) is 0 Å². The molecular weight excluding hydrogens is 787 g/mol. The standard InChI is InChI=1S/C43H67N9O9/c1-40(2,3)59-37(53)29(49-39(55)61-42(7,8)9)19-21-51(20-18-28(48-38(54)60-41(4,5)6)23-50(12)22-27-16-14-13-15-17-27)24-30-32-33(58-43(10,11)57-32)36(56-30)52-26-47-31-34(44)45-25-46-35(31)52/h13-17,25-26,28-30,32-33,36H,18-24H2,1-12H3,(H,48,54)(H,49,55)(H2,44,45,46)/t28?,29?,30-,32-,33-,36-/m1/s1. The number of nitrogens with zero attached hydrogens (tertiary/aromatic N) is 6. The van der Waals surface area contributed by atoms with Crippen LogP contribution in [-0.4, -0.2) is 134 Å². The van der Waals surface area contributed by atoms with Crippen LogP contribution in [0.5, 0.6) is 0 Å². The lowest BCUT2D eigenvalue weighted by atomic mass is 10.1. The number of imidazole rings is 1. The number of esters is 1. The highest BCUT2D eigenvalue weighted by Crippen LogP contribution is 2.44. The van der Waals surface area contributed by atoms with Crippen LogP contribution >= 0.6 is 0 Å². The lowest BCUT2D eigenvalue weighted by Gasteiger charge is -2.32. The average Bonchev–Trinajstić information content (AvgIpc) is 3.78. The highest BCUT2D eigenvalue weighted by molar-refractivity contribution is 5.82. The normalized spacial score (nSPS) is 21.3.